The van der Waals surface area contributed by atoms with Gasteiger partial charge in [0.05, 0.1) is 13.2 Å². The molecular weight excluding hydrogens is 643 g/mol. The van der Waals surface area contributed by atoms with Gasteiger partial charge in [0.2, 0.25) is 5.91 Å². The molecule has 1 saturated carbocycles. The van der Waals surface area contributed by atoms with Crippen molar-refractivity contribution in [1.29, 1.82) is 0 Å². The van der Waals surface area contributed by atoms with E-state index in [4.69, 9.17) is 24.2 Å². The molecule has 48 heavy (non-hydrogen) atoms. The largest absolute Gasteiger partial charge is 0.458 e. The van der Waals surface area contributed by atoms with Crippen LogP contribution in [0.4, 0.5) is 13.2 Å². The lowest BCUT2D eigenvalue weighted by Crippen LogP contribution is -2.69. The number of carbonyl (C=O) groups is 4. The number of amides is 2. The highest BCUT2D eigenvalue weighted by Crippen LogP contribution is 2.55. The molecule has 2 aromatic rings. The van der Waals surface area contributed by atoms with E-state index in [1.807, 2.05) is 0 Å². The van der Waals surface area contributed by atoms with Gasteiger partial charge < -0.3 is 34.7 Å². The monoisotopic (exact) mass is 675 g/mol. The average molecular weight is 676 g/mol. The third-order valence-corrected chi connectivity index (χ3v) is 8.69. The Kier molecular flexibility index (Phi) is 9.53. The first kappa shape index (κ1) is 33.5. The molecule has 4 fully saturated rings. The summed E-state index contributed by atoms with van der Waals surface area (Å²) in [7, 11) is 0. The van der Waals surface area contributed by atoms with Gasteiger partial charge >= 0.3 is 18.1 Å². The molecule has 1 aliphatic carbocycles. The zero-order chi connectivity index (χ0) is 34.1. The highest BCUT2D eigenvalue weighted by Gasteiger charge is 2.74. The van der Waals surface area contributed by atoms with Crippen LogP contribution in [0.15, 0.2) is 54.6 Å². The van der Waals surface area contributed by atoms with Crippen molar-refractivity contribution in [3.63, 3.8) is 0 Å². The molecule has 0 aromatic heterocycles. The standard InChI is InChI=1S/C32H32F3N3O10/c33-32(34,35)16-44-23(40)9-8-19-5-1-2-6-21(19)15-38-26-29(42)47-22-13-31(26,27(48-38)25-24(22)45-17-46-25)30(43)37-14-18-4-3-7-20(12-18)28(41)36-10-11-39/h1-9,12,22,24-27,39H,10-11,13-17H2,(H,36,41)(H,37,43)/t22-,24+,25+,26+,27-,31+/m1/s1. The van der Waals surface area contributed by atoms with Crippen LogP contribution < -0.4 is 10.6 Å². The number of nitrogens with zero attached hydrogens (tertiary/aromatic N) is 1. The fraction of sp³-hybridized carbons (Fsp3) is 0.438. The molecule has 256 valence electrons. The van der Waals surface area contributed by atoms with E-state index in [0.717, 1.165) is 6.08 Å². The van der Waals surface area contributed by atoms with Crippen molar-refractivity contribution in [2.45, 2.75) is 56.1 Å². The number of benzene rings is 2. The van der Waals surface area contributed by atoms with Crippen molar-refractivity contribution in [3.05, 3.63) is 76.9 Å². The van der Waals surface area contributed by atoms with Crippen LogP contribution in [-0.2, 0) is 51.3 Å². The van der Waals surface area contributed by atoms with Crippen molar-refractivity contribution in [2.75, 3.05) is 26.6 Å². The minimum Gasteiger partial charge on any atom is -0.458 e. The molecule has 0 spiro atoms. The van der Waals surface area contributed by atoms with E-state index in [0.29, 0.717) is 22.3 Å². The van der Waals surface area contributed by atoms with Gasteiger partial charge in [-0.3, -0.25) is 19.2 Å². The van der Waals surface area contributed by atoms with Crippen molar-refractivity contribution >= 4 is 29.8 Å². The molecule has 3 saturated heterocycles. The van der Waals surface area contributed by atoms with E-state index in [1.54, 1.807) is 48.5 Å². The second-order valence-corrected chi connectivity index (χ2v) is 11.7. The lowest BCUT2D eigenvalue weighted by Gasteiger charge is -2.48. The Morgan fingerprint density at radius 3 is 2.67 bits per heavy atom. The van der Waals surface area contributed by atoms with Crippen molar-refractivity contribution in [3.8, 4) is 0 Å². The number of carbonyl (C=O) groups excluding carboxylic acids is 4. The number of fused-ring (bicyclic) bond motifs is 4. The van der Waals surface area contributed by atoms with E-state index in [-0.39, 0.29) is 45.4 Å². The van der Waals surface area contributed by atoms with Gasteiger partial charge in [0.25, 0.3) is 5.91 Å². The van der Waals surface area contributed by atoms with Crippen LogP contribution in [0, 0.1) is 5.41 Å². The van der Waals surface area contributed by atoms with Crippen LogP contribution in [0.3, 0.4) is 0 Å². The Labute approximate surface area is 271 Å². The topological polar surface area (TPSA) is 162 Å². The number of aliphatic hydroxyl groups is 1. The molecule has 13 nitrogen and oxygen atoms in total. The zero-order valence-electron chi connectivity index (χ0n) is 25.3. The number of esters is 2. The number of aliphatic hydroxyl groups excluding tert-OH is 1. The fourth-order valence-corrected chi connectivity index (χ4v) is 6.64. The molecule has 0 unspecified atom stereocenters. The summed E-state index contributed by atoms with van der Waals surface area (Å²) in [6.07, 6.45) is -5.56. The van der Waals surface area contributed by atoms with E-state index in [1.165, 1.54) is 11.1 Å². The Balaban J connectivity index is 1.24. The first-order chi connectivity index (χ1) is 23.0. The molecule has 6 rings (SSSR count). The summed E-state index contributed by atoms with van der Waals surface area (Å²) in [6, 6.07) is 12.0. The quantitative estimate of drug-likeness (QED) is 0.233. The predicted octanol–water partition coefficient (Wildman–Crippen LogP) is 1.39. The smallest absolute Gasteiger partial charge is 0.422 e. The first-order valence-corrected chi connectivity index (χ1v) is 15.1. The van der Waals surface area contributed by atoms with E-state index >= 15 is 0 Å². The summed E-state index contributed by atoms with van der Waals surface area (Å²) >= 11 is 0. The maximum atomic E-state index is 14.3. The van der Waals surface area contributed by atoms with Gasteiger partial charge in [-0.2, -0.15) is 18.2 Å². The van der Waals surface area contributed by atoms with Crippen LogP contribution in [0.5, 0.6) is 0 Å². The van der Waals surface area contributed by atoms with Crippen molar-refractivity contribution < 1.29 is 61.2 Å². The molecule has 3 N–H and O–H groups in total. The van der Waals surface area contributed by atoms with Gasteiger partial charge in [-0.25, -0.2) is 4.79 Å². The molecule has 3 aliphatic heterocycles. The van der Waals surface area contributed by atoms with E-state index < -0.39 is 66.5 Å². The number of hydrogen-bond acceptors (Lipinski definition) is 11. The van der Waals surface area contributed by atoms with Crippen LogP contribution >= 0.6 is 0 Å². The Morgan fingerprint density at radius 1 is 1.08 bits per heavy atom. The van der Waals surface area contributed by atoms with Crippen molar-refractivity contribution in [1.82, 2.24) is 15.7 Å². The normalized spacial score (nSPS) is 27.8. The molecule has 2 amide bonds. The van der Waals surface area contributed by atoms with Gasteiger partial charge in [0.1, 0.15) is 36.6 Å². The highest BCUT2D eigenvalue weighted by atomic mass is 19.4. The van der Waals surface area contributed by atoms with Crippen LogP contribution in [0.25, 0.3) is 6.08 Å². The third-order valence-electron chi connectivity index (χ3n) is 8.69. The van der Waals surface area contributed by atoms with Gasteiger partial charge in [0, 0.05) is 31.1 Å². The summed E-state index contributed by atoms with van der Waals surface area (Å²) in [5.41, 5.74) is 0.444. The van der Waals surface area contributed by atoms with Crippen LogP contribution in [0.2, 0.25) is 0 Å². The molecule has 3 heterocycles. The van der Waals surface area contributed by atoms with Gasteiger partial charge in [0.15, 0.2) is 12.6 Å². The van der Waals surface area contributed by atoms with E-state index in [9.17, 15) is 32.3 Å². The molecule has 2 aromatic carbocycles. The Bertz CT molecular complexity index is 1600. The number of halogens is 3. The average Bonchev–Trinajstić information content (AvgIpc) is 3.69. The van der Waals surface area contributed by atoms with Gasteiger partial charge in [-0.15, -0.1) is 0 Å². The number of alkyl halides is 3. The maximum absolute atomic E-state index is 14.3. The van der Waals surface area contributed by atoms with Gasteiger partial charge in [-0.05, 0) is 34.9 Å². The number of hydroxylamine groups is 2. The van der Waals surface area contributed by atoms with Gasteiger partial charge in [-0.1, -0.05) is 36.4 Å². The maximum Gasteiger partial charge on any atom is 0.422 e. The number of hydrogen-bond donors (Lipinski definition) is 3. The lowest BCUT2D eigenvalue weighted by molar-refractivity contribution is -0.201. The summed E-state index contributed by atoms with van der Waals surface area (Å²) in [6.45, 7) is -2.00. The Hall–Kier alpha value is -4.35. The number of rotatable bonds is 11. The summed E-state index contributed by atoms with van der Waals surface area (Å²) < 4.78 is 59.0. The molecule has 6 atom stereocenters. The Morgan fingerprint density at radius 2 is 1.88 bits per heavy atom. The number of nitrogens with one attached hydrogen (secondary N) is 2. The SMILES string of the molecule is O=C(C=Cc1ccccc1CN1O[C@@H]2[C@H]3OCO[C@H]3[C@H]3C[C@]2(C(=O)NCc2cccc(C(=O)NCCO)c2)[C@@H]1C(=O)O3)OCC(F)(F)F. The molecule has 16 heteroatoms. The second-order valence-electron chi connectivity index (χ2n) is 11.7. The molecule has 4 aliphatic rings. The number of ether oxygens (including phenoxy) is 4. The highest BCUT2D eigenvalue weighted by molar-refractivity contribution is 5.95. The van der Waals surface area contributed by atoms with E-state index in [2.05, 4.69) is 15.4 Å². The molecule has 0 radical (unpaired) electrons. The summed E-state index contributed by atoms with van der Waals surface area (Å²) in [4.78, 5) is 58.6. The first-order valence-electron chi connectivity index (χ1n) is 15.1. The molecule has 2 bridgehead atoms. The second kappa shape index (κ2) is 13.6. The van der Waals surface area contributed by atoms with Crippen molar-refractivity contribution in [2.24, 2.45) is 5.41 Å². The summed E-state index contributed by atoms with van der Waals surface area (Å²) in [5.74, 6) is -2.78. The van der Waals surface area contributed by atoms with Crippen LogP contribution in [-0.4, -0.2) is 97.1 Å². The zero-order valence-corrected chi connectivity index (χ0v) is 25.3. The fourth-order valence-electron chi connectivity index (χ4n) is 6.64. The molecular formula is C32H32F3N3O10. The predicted molar refractivity (Wildman–Crippen MR) is 156 cm³/mol. The lowest BCUT2D eigenvalue weighted by atomic mass is 9.62. The third kappa shape index (κ3) is 6.66. The minimum absolute atomic E-state index is 0.0182. The van der Waals surface area contributed by atoms with Crippen LogP contribution in [0.1, 0.15) is 33.5 Å². The summed E-state index contributed by atoms with van der Waals surface area (Å²) in [5, 5.41) is 15.8. The minimum atomic E-state index is -4.67.